The average molecular weight is 501 g/mol. The number of halogens is 1. The number of benzene rings is 2. The quantitative estimate of drug-likeness (QED) is 0.415. The van der Waals surface area contributed by atoms with Gasteiger partial charge in [0.2, 0.25) is 5.95 Å². The van der Waals surface area contributed by atoms with Crippen molar-refractivity contribution in [1.29, 1.82) is 0 Å². The third-order valence-electron chi connectivity index (χ3n) is 4.43. The maximum atomic E-state index is 12.5. The molecule has 1 amide bonds. The van der Waals surface area contributed by atoms with Crippen LogP contribution < -0.4 is 20.7 Å². The maximum absolute atomic E-state index is 12.5. The van der Waals surface area contributed by atoms with Crippen LogP contribution in [-0.2, 0) is 0 Å². The highest BCUT2D eigenvalue weighted by Crippen LogP contribution is 2.26. The monoisotopic (exact) mass is 501 g/mol. The molecule has 29 heavy (non-hydrogen) atoms. The molecule has 0 bridgehead atoms. The minimum Gasteiger partial charge on any atom is -0.497 e. The molecule has 7 nitrogen and oxygen atoms in total. The van der Waals surface area contributed by atoms with E-state index in [1.807, 2.05) is 48.5 Å². The Hall–Kier alpha value is -2.88. The molecular formula is C21H20IN5O2. The SMILES string of the molecule is COc1ccc(Nc2ncc(I)c(Nc3ccccc3C(=O)NC3CC3)n2)cc1. The van der Waals surface area contributed by atoms with Crippen molar-refractivity contribution in [2.45, 2.75) is 18.9 Å². The first-order valence-electron chi connectivity index (χ1n) is 9.23. The van der Waals surface area contributed by atoms with Crippen molar-refractivity contribution in [2.75, 3.05) is 17.7 Å². The average Bonchev–Trinajstić information content (AvgIpc) is 3.55. The minimum atomic E-state index is -0.0729. The Morgan fingerprint density at radius 2 is 1.86 bits per heavy atom. The molecule has 1 aromatic heterocycles. The molecule has 0 atom stereocenters. The van der Waals surface area contributed by atoms with Crippen molar-refractivity contribution in [3.63, 3.8) is 0 Å². The van der Waals surface area contributed by atoms with Gasteiger partial charge in [-0.1, -0.05) is 12.1 Å². The molecule has 1 saturated carbocycles. The van der Waals surface area contributed by atoms with Crippen molar-refractivity contribution in [3.8, 4) is 5.75 Å². The van der Waals surface area contributed by atoms with Crippen LogP contribution in [0.5, 0.6) is 5.75 Å². The summed E-state index contributed by atoms with van der Waals surface area (Å²) in [5.41, 5.74) is 2.15. The smallest absolute Gasteiger partial charge is 0.253 e. The maximum Gasteiger partial charge on any atom is 0.253 e. The molecule has 1 aliphatic carbocycles. The lowest BCUT2D eigenvalue weighted by molar-refractivity contribution is 0.0952. The molecule has 0 saturated heterocycles. The molecule has 2 aromatic carbocycles. The van der Waals surface area contributed by atoms with Crippen molar-refractivity contribution in [2.24, 2.45) is 0 Å². The highest BCUT2D eigenvalue weighted by Gasteiger charge is 2.25. The first-order chi connectivity index (χ1) is 14.1. The van der Waals surface area contributed by atoms with Crippen LogP contribution in [0, 0.1) is 3.57 Å². The molecule has 1 heterocycles. The summed E-state index contributed by atoms with van der Waals surface area (Å²) in [6.45, 7) is 0. The van der Waals surface area contributed by atoms with Gasteiger partial charge in [-0.3, -0.25) is 4.79 Å². The molecule has 1 fully saturated rings. The van der Waals surface area contributed by atoms with E-state index in [0.29, 0.717) is 29.1 Å². The molecule has 3 N–H and O–H groups in total. The lowest BCUT2D eigenvalue weighted by Crippen LogP contribution is -2.26. The number of aromatic nitrogens is 2. The number of nitrogens with one attached hydrogen (secondary N) is 3. The second-order valence-electron chi connectivity index (χ2n) is 6.66. The van der Waals surface area contributed by atoms with E-state index in [9.17, 15) is 4.79 Å². The summed E-state index contributed by atoms with van der Waals surface area (Å²) in [5.74, 6) is 1.79. The van der Waals surface area contributed by atoms with Gasteiger partial charge in [0, 0.05) is 17.9 Å². The number of carbonyl (C=O) groups excluding carboxylic acids is 1. The van der Waals surface area contributed by atoms with Crippen LogP contribution in [0.4, 0.5) is 23.1 Å². The minimum absolute atomic E-state index is 0.0729. The van der Waals surface area contributed by atoms with E-state index in [1.165, 1.54) is 0 Å². The molecule has 0 aliphatic heterocycles. The van der Waals surface area contributed by atoms with Gasteiger partial charge in [-0.25, -0.2) is 4.98 Å². The van der Waals surface area contributed by atoms with Gasteiger partial charge in [0.1, 0.15) is 11.6 Å². The molecule has 0 radical (unpaired) electrons. The summed E-state index contributed by atoms with van der Waals surface area (Å²) >= 11 is 2.17. The Bertz CT molecular complexity index is 1020. The highest BCUT2D eigenvalue weighted by molar-refractivity contribution is 14.1. The number of hydrogen-bond donors (Lipinski definition) is 3. The fourth-order valence-electron chi connectivity index (χ4n) is 2.73. The zero-order chi connectivity index (χ0) is 20.2. The molecule has 1 aliphatic rings. The molecule has 148 valence electrons. The van der Waals surface area contributed by atoms with Crippen molar-refractivity contribution in [1.82, 2.24) is 15.3 Å². The van der Waals surface area contributed by atoms with Gasteiger partial charge in [-0.2, -0.15) is 4.98 Å². The molecular weight excluding hydrogens is 481 g/mol. The van der Waals surface area contributed by atoms with E-state index in [4.69, 9.17) is 4.74 Å². The number of para-hydroxylation sites is 1. The topological polar surface area (TPSA) is 88.2 Å². The van der Waals surface area contributed by atoms with E-state index < -0.39 is 0 Å². The number of rotatable bonds is 7. The summed E-state index contributed by atoms with van der Waals surface area (Å²) in [5, 5.41) is 9.49. The summed E-state index contributed by atoms with van der Waals surface area (Å²) in [6.07, 6.45) is 3.83. The second-order valence-corrected chi connectivity index (χ2v) is 7.82. The third-order valence-corrected chi connectivity index (χ3v) is 5.22. The van der Waals surface area contributed by atoms with E-state index in [0.717, 1.165) is 27.8 Å². The van der Waals surface area contributed by atoms with Gasteiger partial charge in [-0.15, -0.1) is 0 Å². The number of amides is 1. The van der Waals surface area contributed by atoms with Crippen molar-refractivity contribution >= 4 is 51.6 Å². The third kappa shape index (κ3) is 4.94. The Kier molecular flexibility index (Phi) is 5.79. The Morgan fingerprint density at radius 3 is 2.59 bits per heavy atom. The van der Waals surface area contributed by atoms with E-state index >= 15 is 0 Å². The van der Waals surface area contributed by atoms with Gasteiger partial charge >= 0.3 is 0 Å². The lowest BCUT2D eigenvalue weighted by Gasteiger charge is -2.13. The van der Waals surface area contributed by atoms with Gasteiger partial charge in [0.05, 0.1) is 21.9 Å². The summed E-state index contributed by atoms with van der Waals surface area (Å²) in [6, 6.07) is 15.2. The molecule has 0 unspecified atom stereocenters. The normalized spacial score (nSPS) is 12.9. The molecule has 4 rings (SSSR count). The fraction of sp³-hybridized carbons (Fsp3) is 0.190. The Balaban J connectivity index is 1.54. The summed E-state index contributed by atoms with van der Waals surface area (Å²) in [7, 11) is 1.63. The zero-order valence-electron chi connectivity index (χ0n) is 15.8. The Morgan fingerprint density at radius 1 is 1.10 bits per heavy atom. The Labute approximate surface area is 182 Å². The molecule has 8 heteroatoms. The van der Waals surface area contributed by atoms with Crippen LogP contribution in [0.25, 0.3) is 0 Å². The summed E-state index contributed by atoms with van der Waals surface area (Å²) in [4.78, 5) is 21.5. The number of methoxy groups -OCH3 is 1. The fourth-order valence-corrected chi connectivity index (χ4v) is 3.12. The van der Waals surface area contributed by atoms with Crippen LogP contribution in [0.1, 0.15) is 23.2 Å². The van der Waals surface area contributed by atoms with Crippen LogP contribution in [0.2, 0.25) is 0 Å². The second kappa shape index (κ2) is 8.64. The van der Waals surface area contributed by atoms with Gasteiger partial charge in [0.25, 0.3) is 5.91 Å². The highest BCUT2D eigenvalue weighted by atomic mass is 127. The van der Waals surface area contributed by atoms with Crippen LogP contribution in [0.15, 0.2) is 54.7 Å². The zero-order valence-corrected chi connectivity index (χ0v) is 17.9. The first kappa shape index (κ1) is 19.4. The van der Waals surface area contributed by atoms with Crippen LogP contribution >= 0.6 is 22.6 Å². The standard InChI is InChI=1S/C21H20IN5O2/c1-29-15-10-8-14(9-11-15)25-21-23-12-17(22)19(27-21)26-18-5-3-2-4-16(18)20(28)24-13-6-7-13/h2-5,8-13H,6-7H2,1H3,(H,24,28)(H2,23,25,26,27). The predicted molar refractivity (Wildman–Crippen MR) is 121 cm³/mol. The van der Waals surface area contributed by atoms with E-state index in [-0.39, 0.29) is 5.91 Å². The number of carbonyl (C=O) groups is 1. The van der Waals surface area contributed by atoms with Crippen LogP contribution in [-0.4, -0.2) is 29.0 Å². The number of hydrogen-bond acceptors (Lipinski definition) is 6. The van der Waals surface area contributed by atoms with E-state index in [1.54, 1.807) is 13.3 Å². The lowest BCUT2D eigenvalue weighted by atomic mass is 10.1. The number of ether oxygens (including phenoxy) is 1. The van der Waals surface area contributed by atoms with Gasteiger partial charge in [0.15, 0.2) is 0 Å². The summed E-state index contributed by atoms with van der Waals surface area (Å²) < 4.78 is 6.02. The van der Waals surface area contributed by atoms with Gasteiger partial charge in [-0.05, 0) is 71.8 Å². The predicted octanol–water partition coefficient (Wildman–Crippen LogP) is 4.47. The molecule has 0 spiro atoms. The van der Waals surface area contributed by atoms with E-state index in [2.05, 4.69) is 48.5 Å². The molecule has 3 aromatic rings. The van der Waals surface area contributed by atoms with Gasteiger partial charge < -0.3 is 20.7 Å². The first-order valence-corrected chi connectivity index (χ1v) is 10.3. The van der Waals surface area contributed by atoms with Crippen molar-refractivity contribution in [3.05, 3.63) is 63.9 Å². The largest absolute Gasteiger partial charge is 0.497 e. The van der Waals surface area contributed by atoms with Crippen molar-refractivity contribution < 1.29 is 9.53 Å². The van der Waals surface area contributed by atoms with Crippen LogP contribution in [0.3, 0.4) is 0 Å². The number of nitrogens with zero attached hydrogens (tertiary/aromatic N) is 2. The number of anilines is 4.